The van der Waals surface area contributed by atoms with Gasteiger partial charge >= 0.3 is 7.48 Å². The molecule has 2 aromatic rings. The smallest absolute Gasteiger partial charge is 0.331 e. The molecule has 0 bridgehead atoms. The molecule has 2 aromatic carbocycles. The third-order valence-corrected chi connectivity index (χ3v) is 5.52. The zero-order valence-electron chi connectivity index (χ0n) is 17.8. The molecule has 0 aliphatic rings. The lowest BCUT2D eigenvalue weighted by Crippen LogP contribution is -2.45. The number of halogens is 1. The number of ether oxygens (including phenoxy) is 3. The van der Waals surface area contributed by atoms with E-state index in [9.17, 15) is 4.39 Å². The van der Waals surface area contributed by atoms with Crippen LogP contribution in [-0.2, 0) is 20.7 Å². The Bertz CT molecular complexity index is 775. The van der Waals surface area contributed by atoms with Gasteiger partial charge in [-0.3, -0.25) is 0 Å². The minimum Gasteiger partial charge on any atom is -0.457 e. The predicted octanol–water partition coefficient (Wildman–Crippen LogP) is 4.82. The average Bonchev–Trinajstić information content (AvgIpc) is 2.65. The fourth-order valence-corrected chi connectivity index (χ4v) is 2.25. The van der Waals surface area contributed by atoms with E-state index in [0.717, 1.165) is 11.0 Å². The monoisotopic (exact) mass is 419 g/mol. The third kappa shape index (κ3) is 7.38. The zero-order chi connectivity index (χ0) is 21.5. The molecule has 0 aromatic heterocycles. The molecule has 0 saturated heterocycles. The quantitative estimate of drug-likeness (QED) is 0.227. The number of hydrogen-bond donors (Lipinski definition) is 0. The first-order valence-corrected chi connectivity index (χ1v) is 10.2. The van der Waals surface area contributed by atoms with Crippen LogP contribution in [0.4, 0.5) is 4.39 Å². The number of rotatable bonds is 11. The van der Waals surface area contributed by atoms with Gasteiger partial charge in [-0.15, -0.1) is 9.24 Å². The van der Waals surface area contributed by atoms with E-state index in [1.807, 2.05) is 39.0 Å². The highest BCUT2D eigenvalue weighted by atomic mass is 31.0. The molecular formula is C22H30BFO4P. The Balaban J connectivity index is 2.16. The molecule has 157 valence electrons. The summed E-state index contributed by atoms with van der Waals surface area (Å²) < 4.78 is 35.9. The van der Waals surface area contributed by atoms with Crippen LogP contribution in [0, 0.1) is 5.82 Å². The molecule has 0 fully saturated rings. The van der Waals surface area contributed by atoms with Gasteiger partial charge in [-0.05, 0) is 68.2 Å². The second-order valence-electron chi connectivity index (χ2n) is 7.84. The molecule has 29 heavy (non-hydrogen) atoms. The van der Waals surface area contributed by atoms with Crippen LogP contribution >= 0.6 is 9.24 Å². The topological polar surface area (TPSA) is 36.9 Å². The van der Waals surface area contributed by atoms with E-state index in [1.54, 1.807) is 19.6 Å². The Morgan fingerprint density at radius 1 is 0.966 bits per heavy atom. The largest absolute Gasteiger partial charge is 0.457 e. The van der Waals surface area contributed by atoms with E-state index < -0.39 is 0 Å². The second-order valence-corrected chi connectivity index (χ2v) is 9.29. The highest BCUT2D eigenvalue weighted by Crippen LogP contribution is 2.33. The van der Waals surface area contributed by atoms with Gasteiger partial charge in [0.1, 0.15) is 24.1 Å². The molecule has 0 heterocycles. The van der Waals surface area contributed by atoms with Gasteiger partial charge in [0.2, 0.25) is 0 Å². The summed E-state index contributed by atoms with van der Waals surface area (Å²) in [4.78, 5) is 0. The van der Waals surface area contributed by atoms with Crippen LogP contribution < -0.4 is 10.2 Å². The molecule has 0 aliphatic heterocycles. The van der Waals surface area contributed by atoms with Crippen molar-refractivity contribution in [3.8, 4) is 11.5 Å². The Hall–Kier alpha value is -1.46. The maximum Gasteiger partial charge on any atom is 0.331 e. The Morgan fingerprint density at radius 3 is 2.24 bits per heavy atom. The minimum absolute atomic E-state index is 0.110. The molecule has 4 nitrogen and oxygen atoms in total. The normalized spacial score (nSPS) is 12.1. The first kappa shape index (κ1) is 23.8. The standard InChI is InChI=1S/C22H30BFO4P/c1-6-25-15-26-14-16-13-19(27-18-9-7-17(24)8-10-18)11-12-20(16)23-28-21(2,3)22(4,5)29/h7-13H,6,14-15,29H2,1-5H3. The first-order valence-electron chi connectivity index (χ1n) is 9.64. The van der Waals surface area contributed by atoms with Crippen LogP contribution in [0.1, 0.15) is 40.2 Å². The van der Waals surface area contributed by atoms with E-state index in [4.69, 9.17) is 18.9 Å². The molecule has 0 aliphatic carbocycles. The molecule has 1 unspecified atom stereocenters. The molecule has 0 amide bonds. The van der Waals surface area contributed by atoms with Crippen molar-refractivity contribution < 1.29 is 23.3 Å². The van der Waals surface area contributed by atoms with Crippen molar-refractivity contribution in [3.63, 3.8) is 0 Å². The van der Waals surface area contributed by atoms with Crippen LogP contribution in [0.5, 0.6) is 11.5 Å². The fraction of sp³-hybridized carbons (Fsp3) is 0.455. The summed E-state index contributed by atoms with van der Waals surface area (Å²) in [7, 11) is 4.58. The van der Waals surface area contributed by atoms with Crippen molar-refractivity contribution in [2.45, 2.75) is 52.0 Å². The summed E-state index contributed by atoms with van der Waals surface area (Å²) in [5.41, 5.74) is 1.42. The SMILES string of the molecule is CCOCOCc1cc(Oc2ccc(F)cc2)ccc1[B]OC(C)(C)C(C)(C)P. The summed E-state index contributed by atoms with van der Waals surface area (Å²) in [5.74, 6) is 0.893. The van der Waals surface area contributed by atoms with Crippen molar-refractivity contribution in [1.82, 2.24) is 0 Å². The van der Waals surface area contributed by atoms with Crippen molar-refractivity contribution in [3.05, 3.63) is 53.8 Å². The van der Waals surface area contributed by atoms with E-state index in [2.05, 4.69) is 23.1 Å². The molecule has 7 heteroatoms. The second kappa shape index (κ2) is 10.5. The lowest BCUT2D eigenvalue weighted by atomic mass is 9.81. The van der Waals surface area contributed by atoms with Gasteiger partial charge in [-0.1, -0.05) is 19.9 Å². The van der Waals surface area contributed by atoms with Gasteiger partial charge < -0.3 is 18.9 Å². The maximum atomic E-state index is 13.1. The van der Waals surface area contributed by atoms with Crippen LogP contribution in [0.15, 0.2) is 42.5 Å². The van der Waals surface area contributed by atoms with Crippen LogP contribution in [0.3, 0.4) is 0 Å². The van der Waals surface area contributed by atoms with Crippen molar-refractivity contribution in [2.24, 2.45) is 0 Å². The van der Waals surface area contributed by atoms with Gasteiger partial charge in [0, 0.05) is 11.8 Å². The molecular weight excluding hydrogens is 389 g/mol. The molecule has 1 radical (unpaired) electrons. The van der Waals surface area contributed by atoms with E-state index >= 15 is 0 Å². The maximum absolute atomic E-state index is 13.1. The Morgan fingerprint density at radius 2 is 1.62 bits per heavy atom. The van der Waals surface area contributed by atoms with E-state index in [-0.39, 0.29) is 23.4 Å². The van der Waals surface area contributed by atoms with Gasteiger partial charge in [0.05, 0.1) is 12.2 Å². The summed E-state index contributed by atoms with van der Waals surface area (Å²) in [6.07, 6.45) is 0. The summed E-state index contributed by atoms with van der Waals surface area (Å²) in [6.45, 7) is 11.4. The van der Waals surface area contributed by atoms with Gasteiger partial charge in [0.15, 0.2) is 0 Å². The molecule has 0 saturated carbocycles. The van der Waals surface area contributed by atoms with Crippen molar-refractivity contribution >= 4 is 22.2 Å². The molecule has 1 atom stereocenters. The van der Waals surface area contributed by atoms with Gasteiger partial charge in [-0.2, -0.15) is 0 Å². The predicted molar refractivity (Wildman–Crippen MR) is 119 cm³/mol. The summed E-state index contributed by atoms with van der Waals surface area (Å²) in [6, 6.07) is 11.6. The van der Waals surface area contributed by atoms with Crippen LogP contribution in [0.2, 0.25) is 0 Å². The van der Waals surface area contributed by atoms with Gasteiger partial charge in [-0.25, -0.2) is 4.39 Å². The molecule has 2 rings (SSSR count). The Labute approximate surface area is 176 Å². The number of benzene rings is 2. The van der Waals surface area contributed by atoms with Crippen molar-refractivity contribution in [2.75, 3.05) is 13.4 Å². The highest BCUT2D eigenvalue weighted by Gasteiger charge is 2.33. The van der Waals surface area contributed by atoms with E-state index in [1.165, 1.54) is 12.1 Å². The zero-order valence-corrected chi connectivity index (χ0v) is 19.0. The molecule has 0 N–H and O–H groups in total. The summed E-state index contributed by atoms with van der Waals surface area (Å²) >= 11 is 0. The van der Waals surface area contributed by atoms with Crippen LogP contribution in [-0.4, -0.2) is 31.6 Å². The first-order chi connectivity index (χ1) is 13.6. The highest BCUT2D eigenvalue weighted by molar-refractivity contribution is 7.19. The Kier molecular flexibility index (Phi) is 8.65. The molecule has 0 spiro atoms. The minimum atomic E-state index is -0.385. The number of hydrogen-bond acceptors (Lipinski definition) is 4. The van der Waals surface area contributed by atoms with Crippen LogP contribution in [0.25, 0.3) is 0 Å². The van der Waals surface area contributed by atoms with Gasteiger partial charge in [0.25, 0.3) is 0 Å². The van der Waals surface area contributed by atoms with Crippen molar-refractivity contribution in [1.29, 1.82) is 0 Å². The average molecular weight is 419 g/mol. The van der Waals surface area contributed by atoms with E-state index in [0.29, 0.717) is 24.7 Å². The lowest BCUT2D eigenvalue weighted by Gasteiger charge is -2.39. The fourth-order valence-electron chi connectivity index (χ4n) is 2.18. The summed E-state index contributed by atoms with van der Waals surface area (Å²) in [5, 5.41) is -0.110. The lowest BCUT2D eigenvalue weighted by molar-refractivity contribution is -0.0570. The third-order valence-electron chi connectivity index (χ3n) is 4.82.